The number of benzene rings is 1. The van der Waals surface area contributed by atoms with Crippen molar-refractivity contribution in [1.82, 2.24) is 30.1 Å². The van der Waals surface area contributed by atoms with Crippen molar-refractivity contribution in [2.24, 2.45) is 0 Å². The number of aromatic nitrogens is 5. The minimum atomic E-state index is -0.577. The number of hydrogen-bond donors (Lipinski definition) is 1. The summed E-state index contributed by atoms with van der Waals surface area (Å²) in [6.07, 6.45) is 2.42. The zero-order valence-electron chi connectivity index (χ0n) is 14.4. The van der Waals surface area contributed by atoms with E-state index in [-0.39, 0.29) is 12.1 Å². The Balaban J connectivity index is 1.60. The zero-order chi connectivity index (χ0) is 18.8. The van der Waals surface area contributed by atoms with Gasteiger partial charge in [0.1, 0.15) is 5.82 Å². The van der Waals surface area contributed by atoms with Crippen LogP contribution in [-0.4, -0.2) is 30.6 Å². The molecule has 27 heavy (non-hydrogen) atoms. The van der Waals surface area contributed by atoms with Crippen LogP contribution >= 0.6 is 0 Å². The number of nitrogens with one attached hydrogen (secondary N) is 1. The average Bonchev–Trinajstić information content (AvgIpc) is 3.33. The van der Waals surface area contributed by atoms with Crippen LogP contribution in [0, 0.1) is 5.82 Å². The molecule has 136 valence electrons. The van der Waals surface area contributed by atoms with E-state index in [4.69, 9.17) is 4.52 Å². The SMILES string of the molecule is CCc1noc(-c2cccn3c(CNC(=O)c4ccccc4F)nnc23)n1. The molecule has 1 N–H and O–H groups in total. The van der Waals surface area contributed by atoms with Crippen molar-refractivity contribution in [3.05, 3.63) is 65.6 Å². The summed E-state index contributed by atoms with van der Waals surface area (Å²) in [5.41, 5.74) is 1.15. The summed E-state index contributed by atoms with van der Waals surface area (Å²) in [7, 11) is 0. The maximum absolute atomic E-state index is 13.7. The van der Waals surface area contributed by atoms with Gasteiger partial charge in [-0.3, -0.25) is 9.20 Å². The molecule has 0 radical (unpaired) electrons. The maximum atomic E-state index is 13.7. The molecule has 0 aliphatic carbocycles. The average molecular weight is 366 g/mol. The number of nitrogens with zero attached hydrogens (tertiary/aromatic N) is 5. The summed E-state index contributed by atoms with van der Waals surface area (Å²) in [4.78, 5) is 16.5. The van der Waals surface area contributed by atoms with E-state index < -0.39 is 11.7 Å². The number of halogens is 1. The summed E-state index contributed by atoms with van der Waals surface area (Å²) in [6, 6.07) is 9.39. The topological polar surface area (TPSA) is 98.2 Å². The van der Waals surface area contributed by atoms with Gasteiger partial charge in [-0.05, 0) is 24.3 Å². The van der Waals surface area contributed by atoms with Gasteiger partial charge in [-0.2, -0.15) is 4.98 Å². The van der Waals surface area contributed by atoms with E-state index in [0.29, 0.717) is 35.2 Å². The number of rotatable bonds is 5. The van der Waals surface area contributed by atoms with Gasteiger partial charge >= 0.3 is 0 Å². The zero-order valence-corrected chi connectivity index (χ0v) is 14.4. The predicted molar refractivity (Wildman–Crippen MR) is 93.2 cm³/mol. The second-order valence-corrected chi connectivity index (χ2v) is 5.76. The first-order valence-corrected chi connectivity index (χ1v) is 8.35. The first-order valence-electron chi connectivity index (χ1n) is 8.35. The van der Waals surface area contributed by atoms with E-state index in [1.807, 2.05) is 6.92 Å². The van der Waals surface area contributed by atoms with Crippen molar-refractivity contribution in [1.29, 1.82) is 0 Å². The normalized spacial score (nSPS) is 11.0. The quantitative estimate of drug-likeness (QED) is 0.582. The molecule has 9 heteroatoms. The van der Waals surface area contributed by atoms with E-state index in [1.165, 1.54) is 18.2 Å². The third kappa shape index (κ3) is 3.14. The molecule has 3 aromatic heterocycles. The van der Waals surface area contributed by atoms with Crippen LogP contribution < -0.4 is 5.32 Å². The van der Waals surface area contributed by atoms with Crippen LogP contribution in [-0.2, 0) is 13.0 Å². The fourth-order valence-electron chi connectivity index (χ4n) is 2.66. The Bertz CT molecular complexity index is 1120. The van der Waals surface area contributed by atoms with Crippen LogP contribution in [0.4, 0.5) is 4.39 Å². The van der Waals surface area contributed by atoms with Crippen molar-refractivity contribution in [2.45, 2.75) is 19.9 Å². The predicted octanol–water partition coefficient (Wildman–Crippen LogP) is 2.41. The second-order valence-electron chi connectivity index (χ2n) is 5.76. The third-order valence-corrected chi connectivity index (χ3v) is 4.05. The molecule has 4 rings (SSSR count). The van der Waals surface area contributed by atoms with E-state index in [0.717, 1.165) is 0 Å². The standard InChI is InChI=1S/C18H15FN6O2/c1-2-14-21-18(27-24-14)12-7-5-9-25-15(22-23-16(12)25)10-20-17(26)11-6-3-4-8-13(11)19/h3-9H,2,10H2,1H3,(H,20,26). The Morgan fingerprint density at radius 2 is 2.07 bits per heavy atom. The van der Waals surface area contributed by atoms with Crippen LogP contribution in [0.15, 0.2) is 47.1 Å². The molecule has 0 atom stereocenters. The van der Waals surface area contributed by atoms with Gasteiger partial charge in [-0.15, -0.1) is 10.2 Å². The molecule has 0 saturated carbocycles. The number of pyridine rings is 1. The minimum absolute atomic E-state index is 0.0232. The number of amides is 1. The monoisotopic (exact) mass is 366 g/mol. The number of hydrogen-bond acceptors (Lipinski definition) is 6. The number of aryl methyl sites for hydroxylation is 1. The lowest BCUT2D eigenvalue weighted by Gasteiger charge is -2.05. The van der Waals surface area contributed by atoms with Crippen LogP contribution in [0.2, 0.25) is 0 Å². The number of fused-ring (bicyclic) bond motifs is 1. The van der Waals surface area contributed by atoms with Crippen LogP contribution in [0.5, 0.6) is 0 Å². The summed E-state index contributed by atoms with van der Waals surface area (Å²) in [6.45, 7) is 2.02. The van der Waals surface area contributed by atoms with E-state index >= 15 is 0 Å². The Kier molecular flexibility index (Phi) is 4.33. The van der Waals surface area contributed by atoms with Gasteiger partial charge in [0.25, 0.3) is 11.8 Å². The Morgan fingerprint density at radius 3 is 2.85 bits per heavy atom. The van der Waals surface area contributed by atoms with Gasteiger partial charge in [0, 0.05) is 12.6 Å². The molecule has 0 spiro atoms. The molecule has 0 fully saturated rings. The van der Waals surface area contributed by atoms with Crippen molar-refractivity contribution in [2.75, 3.05) is 0 Å². The lowest BCUT2D eigenvalue weighted by atomic mass is 10.2. The van der Waals surface area contributed by atoms with Crippen molar-refractivity contribution in [3.8, 4) is 11.5 Å². The van der Waals surface area contributed by atoms with Crippen molar-refractivity contribution in [3.63, 3.8) is 0 Å². The third-order valence-electron chi connectivity index (χ3n) is 4.05. The van der Waals surface area contributed by atoms with Crippen LogP contribution in [0.1, 0.15) is 28.9 Å². The fourth-order valence-corrected chi connectivity index (χ4v) is 2.66. The van der Waals surface area contributed by atoms with Gasteiger partial charge in [0.2, 0.25) is 0 Å². The van der Waals surface area contributed by atoms with Crippen molar-refractivity contribution < 1.29 is 13.7 Å². The Labute approximate surface area is 153 Å². The lowest BCUT2D eigenvalue weighted by Crippen LogP contribution is -2.24. The summed E-state index contributed by atoms with van der Waals surface area (Å²) >= 11 is 0. The molecule has 4 aromatic rings. The molecular formula is C18H15FN6O2. The molecule has 1 aromatic carbocycles. The number of carbonyl (C=O) groups is 1. The lowest BCUT2D eigenvalue weighted by molar-refractivity contribution is 0.0945. The summed E-state index contributed by atoms with van der Waals surface area (Å²) < 4.78 is 20.7. The smallest absolute Gasteiger partial charge is 0.261 e. The largest absolute Gasteiger partial charge is 0.345 e. The fraction of sp³-hybridized carbons (Fsp3) is 0.167. The van der Waals surface area contributed by atoms with Crippen molar-refractivity contribution >= 4 is 11.6 Å². The van der Waals surface area contributed by atoms with E-state index in [1.54, 1.807) is 28.8 Å². The van der Waals surface area contributed by atoms with Gasteiger partial charge in [0.15, 0.2) is 17.3 Å². The summed E-state index contributed by atoms with van der Waals surface area (Å²) in [5.74, 6) is 0.347. The molecule has 0 aliphatic heterocycles. The highest BCUT2D eigenvalue weighted by Gasteiger charge is 2.17. The van der Waals surface area contributed by atoms with Gasteiger partial charge in [-0.25, -0.2) is 4.39 Å². The van der Waals surface area contributed by atoms with E-state index in [9.17, 15) is 9.18 Å². The number of carbonyl (C=O) groups excluding carboxylic acids is 1. The summed E-state index contributed by atoms with van der Waals surface area (Å²) in [5, 5.41) is 14.8. The van der Waals surface area contributed by atoms with Gasteiger partial charge in [-0.1, -0.05) is 24.2 Å². The Hall–Kier alpha value is -3.62. The molecule has 1 amide bonds. The minimum Gasteiger partial charge on any atom is -0.345 e. The molecule has 0 unspecified atom stereocenters. The molecular weight excluding hydrogens is 351 g/mol. The molecule has 0 saturated heterocycles. The van der Waals surface area contributed by atoms with E-state index in [2.05, 4.69) is 25.7 Å². The Morgan fingerprint density at radius 1 is 1.22 bits per heavy atom. The molecule has 8 nitrogen and oxygen atoms in total. The highest BCUT2D eigenvalue weighted by molar-refractivity contribution is 5.94. The molecule has 0 aliphatic rings. The van der Waals surface area contributed by atoms with Crippen LogP contribution in [0.3, 0.4) is 0 Å². The van der Waals surface area contributed by atoms with Crippen LogP contribution in [0.25, 0.3) is 17.1 Å². The first-order chi connectivity index (χ1) is 13.2. The highest BCUT2D eigenvalue weighted by atomic mass is 19.1. The molecule has 0 bridgehead atoms. The maximum Gasteiger partial charge on any atom is 0.261 e. The van der Waals surface area contributed by atoms with Gasteiger partial charge in [0.05, 0.1) is 17.7 Å². The molecule has 3 heterocycles. The van der Waals surface area contributed by atoms with Gasteiger partial charge < -0.3 is 9.84 Å². The second kappa shape index (κ2) is 6.94. The highest BCUT2D eigenvalue weighted by Crippen LogP contribution is 2.22. The first kappa shape index (κ1) is 16.8.